The van der Waals surface area contributed by atoms with Gasteiger partial charge in [-0.1, -0.05) is 12.1 Å². The number of ether oxygens (including phenoxy) is 1. The summed E-state index contributed by atoms with van der Waals surface area (Å²) in [5, 5.41) is 8.56. The number of para-hydroxylation sites is 1. The molecule has 0 aliphatic carbocycles. The van der Waals surface area contributed by atoms with Gasteiger partial charge < -0.3 is 4.74 Å². The first kappa shape index (κ1) is 9.46. The van der Waals surface area contributed by atoms with Crippen LogP contribution in [0.3, 0.4) is 0 Å². The fourth-order valence-corrected chi connectivity index (χ4v) is 0.831. The van der Waals surface area contributed by atoms with Crippen molar-refractivity contribution in [1.82, 2.24) is 0 Å². The van der Waals surface area contributed by atoms with Gasteiger partial charge in [-0.2, -0.15) is 9.65 Å². The summed E-state index contributed by atoms with van der Waals surface area (Å²) in [4.78, 5) is 0. The maximum absolute atomic E-state index is 12.4. The highest BCUT2D eigenvalue weighted by Crippen LogP contribution is 2.18. The normalized spacial score (nSPS) is 11.8. The van der Waals surface area contributed by atoms with Gasteiger partial charge in [-0.15, -0.1) is 0 Å². The molecule has 0 aliphatic rings. The first-order valence-electron chi connectivity index (χ1n) is 3.63. The third kappa shape index (κ3) is 2.41. The van der Waals surface area contributed by atoms with Crippen LogP contribution in [0.4, 0.5) is 8.78 Å². The Hall–Kier alpha value is -1.63. The molecule has 0 bridgehead atoms. The first-order chi connectivity index (χ1) is 6.27. The van der Waals surface area contributed by atoms with Crippen LogP contribution in [0, 0.1) is 11.3 Å². The van der Waals surface area contributed by atoms with E-state index in [-0.39, 0.29) is 11.3 Å². The lowest BCUT2D eigenvalue weighted by molar-refractivity contribution is 0.0432. The van der Waals surface area contributed by atoms with Gasteiger partial charge in [0, 0.05) is 0 Å². The molecule has 4 heteroatoms. The Morgan fingerprint density at radius 1 is 1.46 bits per heavy atom. The Bertz CT molecular complexity index is 322. The summed E-state index contributed by atoms with van der Waals surface area (Å²) in [5.74, 6) is 0.0650. The quantitative estimate of drug-likeness (QED) is 0.719. The SMILES string of the molecule is N#Cc1ccccc1OC(F)CF. The van der Waals surface area contributed by atoms with Gasteiger partial charge >= 0.3 is 0 Å². The number of benzene rings is 1. The molecule has 2 nitrogen and oxygen atoms in total. The molecule has 0 saturated carbocycles. The Morgan fingerprint density at radius 2 is 2.15 bits per heavy atom. The van der Waals surface area contributed by atoms with Crippen molar-refractivity contribution in [3.05, 3.63) is 29.8 Å². The summed E-state index contributed by atoms with van der Waals surface area (Å²) in [6.45, 7) is -1.22. The summed E-state index contributed by atoms with van der Waals surface area (Å²) >= 11 is 0. The van der Waals surface area contributed by atoms with Gasteiger partial charge in [-0.05, 0) is 12.1 Å². The van der Waals surface area contributed by atoms with Crippen molar-refractivity contribution < 1.29 is 13.5 Å². The Balaban J connectivity index is 2.82. The maximum atomic E-state index is 12.4. The van der Waals surface area contributed by atoms with E-state index in [1.54, 1.807) is 12.1 Å². The predicted octanol–water partition coefficient (Wildman–Crippen LogP) is 2.20. The molecule has 0 heterocycles. The van der Waals surface area contributed by atoms with Gasteiger partial charge in [0.15, 0.2) is 6.67 Å². The van der Waals surface area contributed by atoms with E-state index in [0.29, 0.717) is 0 Å². The zero-order valence-electron chi connectivity index (χ0n) is 6.71. The molecule has 0 saturated heterocycles. The monoisotopic (exact) mass is 183 g/mol. The second kappa shape index (κ2) is 4.41. The van der Waals surface area contributed by atoms with E-state index in [1.807, 2.05) is 6.07 Å². The van der Waals surface area contributed by atoms with Gasteiger partial charge in [-0.3, -0.25) is 0 Å². The molecule has 0 aromatic heterocycles. The average Bonchev–Trinajstić information content (AvgIpc) is 2.18. The largest absolute Gasteiger partial charge is 0.456 e. The number of hydrogen-bond acceptors (Lipinski definition) is 2. The summed E-state index contributed by atoms with van der Waals surface area (Å²) < 4.78 is 28.7. The van der Waals surface area contributed by atoms with E-state index in [2.05, 4.69) is 4.74 Å². The summed E-state index contributed by atoms with van der Waals surface area (Å²) in [6, 6.07) is 7.90. The molecule has 68 valence electrons. The van der Waals surface area contributed by atoms with Crippen LogP contribution in [0.2, 0.25) is 0 Å². The van der Waals surface area contributed by atoms with E-state index in [1.165, 1.54) is 12.1 Å². The molecule has 1 rings (SSSR count). The molecule has 0 N–H and O–H groups in total. The van der Waals surface area contributed by atoms with Crippen molar-refractivity contribution in [2.45, 2.75) is 6.36 Å². The lowest BCUT2D eigenvalue weighted by Crippen LogP contribution is -2.12. The lowest BCUT2D eigenvalue weighted by atomic mass is 10.2. The third-order valence-electron chi connectivity index (χ3n) is 1.38. The number of halogens is 2. The van der Waals surface area contributed by atoms with Crippen LogP contribution in [0.1, 0.15) is 5.56 Å². The van der Waals surface area contributed by atoms with E-state index in [0.717, 1.165) is 0 Å². The molecular weight excluding hydrogens is 176 g/mol. The molecule has 0 amide bonds. The second-order valence-electron chi connectivity index (χ2n) is 2.29. The molecule has 0 aliphatic heterocycles. The van der Waals surface area contributed by atoms with Crippen LogP contribution in [0.25, 0.3) is 0 Å². The van der Waals surface area contributed by atoms with Gasteiger partial charge in [0.25, 0.3) is 6.36 Å². The molecule has 1 aromatic rings. The highest BCUT2D eigenvalue weighted by molar-refractivity contribution is 5.42. The van der Waals surface area contributed by atoms with Crippen LogP contribution in [-0.4, -0.2) is 13.0 Å². The topological polar surface area (TPSA) is 33.0 Å². The van der Waals surface area contributed by atoms with Gasteiger partial charge in [-0.25, -0.2) is 4.39 Å². The van der Waals surface area contributed by atoms with Crippen molar-refractivity contribution in [2.75, 3.05) is 6.67 Å². The minimum Gasteiger partial charge on any atom is -0.456 e. The average molecular weight is 183 g/mol. The zero-order chi connectivity index (χ0) is 9.68. The van der Waals surface area contributed by atoms with Crippen LogP contribution in [0.5, 0.6) is 5.75 Å². The fraction of sp³-hybridized carbons (Fsp3) is 0.222. The van der Waals surface area contributed by atoms with E-state index in [4.69, 9.17) is 5.26 Å². The van der Waals surface area contributed by atoms with Gasteiger partial charge in [0.2, 0.25) is 0 Å². The fourth-order valence-electron chi connectivity index (χ4n) is 0.831. The number of nitrogens with zero attached hydrogens (tertiary/aromatic N) is 1. The zero-order valence-corrected chi connectivity index (χ0v) is 6.71. The van der Waals surface area contributed by atoms with E-state index >= 15 is 0 Å². The summed E-state index contributed by atoms with van der Waals surface area (Å²) in [5.41, 5.74) is 0.193. The van der Waals surface area contributed by atoms with Crippen molar-refractivity contribution >= 4 is 0 Å². The summed E-state index contributed by atoms with van der Waals surface area (Å²) in [6.07, 6.45) is -2.01. The highest BCUT2D eigenvalue weighted by Gasteiger charge is 2.09. The summed E-state index contributed by atoms with van der Waals surface area (Å²) in [7, 11) is 0. The van der Waals surface area contributed by atoms with Crippen molar-refractivity contribution in [3.63, 3.8) is 0 Å². The first-order valence-corrected chi connectivity index (χ1v) is 3.63. The number of rotatable bonds is 3. The third-order valence-corrected chi connectivity index (χ3v) is 1.38. The molecule has 0 radical (unpaired) electrons. The Morgan fingerprint density at radius 3 is 2.77 bits per heavy atom. The molecule has 1 atom stereocenters. The Labute approximate surface area is 74.4 Å². The number of alkyl halides is 2. The lowest BCUT2D eigenvalue weighted by Gasteiger charge is -2.08. The molecule has 0 spiro atoms. The van der Waals surface area contributed by atoms with E-state index < -0.39 is 13.0 Å². The number of nitriles is 1. The van der Waals surface area contributed by atoms with Gasteiger partial charge in [0.05, 0.1) is 5.56 Å². The Kier molecular flexibility index (Phi) is 3.21. The molecular formula is C9H7F2NO. The maximum Gasteiger partial charge on any atom is 0.266 e. The molecule has 1 aromatic carbocycles. The van der Waals surface area contributed by atoms with Crippen LogP contribution in [0.15, 0.2) is 24.3 Å². The van der Waals surface area contributed by atoms with Gasteiger partial charge in [0.1, 0.15) is 11.8 Å². The van der Waals surface area contributed by atoms with Crippen LogP contribution < -0.4 is 4.74 Å². The van der Waals surface area contributed by atoms with Crippen molar-refractivity contribution in [3.8, 4) is 11.8 Å². The van der Waals surface area contributed by atoms with Crippen molar-refractivity contribution in [2.24, 2.45) is 0 Å². The minimum absolute atomic E-state index is 0.0650. The molecule has 1 unspecified atom stereocenters. The van der Waals surface area contributed by atoms with Crippen LogP contribution in [-0.2, 0) is 0 Å². The molecule has 0 fully saturated rings. The molecule has 13 heavy (non-hydrogen) atoms. The standard InChI is InChI=1S/C9H7F2NO/c10-5-9(11)13-8-4-2-1-3-7(8)6-12/h1-4,9H,5H2. The minimum atomic E-state index is -2.01. The second-order valence-corrected chi connectivity index (χ2v) is 2.29. The predicted molar refractivity (Wildman–Crippen MR) is 42.7 cm³/mol. The van der Waals surface area contributed by atoms with Crippen molar-refractivity contribution in [1.29, 1.82) is 5.26 Å². The highest BCUT2D eigenvalue weighted by atomic mass is 19.2. The smallest absolute Gasteiger partial charge is 0.266 e. The van der Waals surface area contributed by atoms with E-state index in [9.17, 15) is 8.78 Å². The number of hydrogen-bond donors (Lipinski definition) is 0. The van der Waals surface area contributed by atoms with Crippen LogP contribution >= 0.6 is 0 Å².